The summed E-state index contributed by atoms with van der Waals surface area (Å²) in [5.41, 5.74) is 6.74. The van der Waals surface area contributed by atoms with Crippen LogP contribution in [-0.2, 0) is 9.59 Å². The van der Waals surface area contributed by atoms with E-state index in [9.17, 15) is 14.4 Å². The number of carbonyl (C=O) groups excluding carboxylic acids is 3. The topological polar surface area (TPSA) is 88.2 Å². The maximum atomic E-state index is 13.8. The first kappa shape index (κ1) is 23.6. The highest BCUT2D eigenvalue weighted by atomic mass is 16.5. The Morgan fingerprint density at radius 3 is 2.08 bits per heavy atom. The van der Waals surface area contributed by atoms with Crippen LogP contribution in [0, 0.1) is 19.8 Å². The van der Waals surface area contributed by atoms with Crippen LogP contribution in [-0.4, -0.2) is 43.0 Å². The highest BCUT2D eigenvalue weighted by Crippen LogP contribution is 2.45. The molecule has 3 amide bonds. The van der Waals surface area contributed by atoms with Crippen LogP contribution in [0.5, 0.6) is 11.5 Å². The van der Waals surface area contributed by atoms with Crippen molar-refractivity contribution in [3.8, 4) is 11.5 Å². The van der Waals surface area contributed by atoms with Crippen LogP contribution in [0.15, 0.2) is 66.7 Å². The Labute approximate surface area is 209 Å². The molecule has 1 N–H and O–H groups in total. The van der Waals surface area contributed by atoms with Gasteiger partial charge in [-0.2, -0.15) is 0 Å². The number of hydrogen-bond acceptors (Lipinski definition) is 6. The molecule has 0 aliphatic carbocycles. The van der Waals surface area contributed by atoms with Crippen LogP contribution in [0.4, 0.5) is 5.69 Å². The van der Waals surface area contributed by atoms with E-state index in [0.29, 0.717) is 28.3 Å². The number of nitrogens with one attached hydrogen (secondary N) is 1. The zero-order chi connectivity index (χ0) is 25.6. The van der Waals surface area contributed by atoms with Gasteiger partial charge in [-0.1, -0.05) is 35.4 Å². The van der Waals surface area contributed by atoms with E-state index in [-0.39, 0.29) is 11.8 Å². The van der Waals surface area contributed by atoms with Gasteiger partial charge in [0.25, 0.3) is 11.8 Å². The number of carbonyl (C=O) groups is 3. The van der Waals surface area contributed by atoms with Crippen LogP contribution < -0.4 is 19.8 Å². The molecule has 3 atom stereocenters. The number of amides is 3. The van der Waals surface area contributed by atoms with Crippen molar-refractivity contribution in [3.63, 3.8) is 0 Å². The van der Waals surface area contributed by atoms with Gasteiger partial charge >= 0.3 is 0 Å². The van der Waals surface area contributed by atoms with Gasteiger partial charge in [0.2, 0.25) is 5.91 Å². The standard InChI is InChI=1S/C28H27N3O5/c1-16-5-9-18(10-6-16)26(32)31-25-23(24(29-31)21-14-13-20(35-3)15-22(21)36-4)27(33)30(28(25)34)19-11-7-17(2)8-12-19/h5-15,23-25,29H,1-4H3/t23-,24-,25-/m0/s1. The van der Waals surface area contributed by atoms with Crippen LogP contribution in [0.1, 0.15) is 33.1 Å². The third-order valence-electron chi connectivity index (χ3n) is 6.82. The molecular weight excluding hydrogens is 458 g/mol. The number of hydrogen-bond donors (Lipinski definition) is 1. The number of imide groups is 1. The Hall–Kier alpha value is -4.17. The van der Waals surface area contributed by atoms with Crippen molar-refractivity contribution in [1.29, 1.82) is 0 Å². The minimum atomic E-state index is -1.01. The van der Waals surface area contributed by atoms with E-state index in [1.54, 1.807) is 49.6 Å². The Balaban J connectivity index is 1.60. The number of aryl methyl sites for hydroxylation is 2. The molecule has 184 valence electrons. The monoisotopic (exact) mass is 485 g/mol. The molecule has 0 aromatic heterocycles. The summed E-state index contributed by atoms with van der Waals surface area (Å²) in [6.45, 7) is 3.87. The number of benzene rings is 3. The first-order valence-electron chi connectivity index (χ1n) is 11.7. The van der Waals surface area contributed by atoms with E-state index in [4.69, 9.17) is 9.47 Å². The molecule has 2 aliphatic heterocycles. The molecular formula is C28H27N3O5. The van der Waals surface area contributed by atoms with Crippen molar-refractivity contribution in [2.75, 3.05) is 19.1 Å². The number of ether oxygens (including phenoxy) is 2. The summed E-state index contributed by atoms with van der Waals surface area (Å²) in [5, 5.41) is 1.30. The molecule has 36 heavy (non-hydrogen) atoms. The fourth-order valence-electron chi connectivity index (χ4n) is 4.89. The number of methoxy groups -OCH3 is 2. The maximum absolute atomic E-state index is 13.8. The van der Waals surface area contributed by atoms with E-state index in [2.05, 4.69) is 5.43 Å². The zero-order valence-corrected chi connectivity index (χ0v) is 20.5. The van der Waals surface area contributed by atoms with Crippen molar-refractivity contribution < 1.29 is 23.9 Å². The van der Waals surface area contributed by atoms with Crippen molar-refractivity contribution in [2.24, 2.45) is 5.92 Å². The molecule has 3 aromatic carbocycles. The average Bonchev–Trinajstić information content (AvgIpc) is 3.40. The van der Waals surface area contributed by atoms with Gasteiger partial charge in [-0.05, 0) is 50.2 Å². The molecule has 0 unspecified atom stereocenters. The second-order valence-corrected chi connectivity index (χ2v) is 9.07. The smallest absolute Gasteiger partial charge is 0.268 e. The molecule has 0 saturated carbocycles. The van der Waals surface area contributed by atoms with E-state index >= 15 is 0 Å². The highest BCUT2D eigenvalue weighted by Gasteiger charge is 2.60. The second-order valence-electron chi connectivity index (χ2n) is 9.07. The summed E-state index contributed by atoms with van der Waals surface area (Å²) in [5.74, 6) is -0.959. The van der Waals surface area contributed by atoms with E-state index < -0.39 is 23.9 Å². The fourth-order valence-corrected chi connectivity index (χ4v) is 4.89. The number of fused-ring (bicyclic) bond motifs is 1. The predicted molar refractivity (Wildman–Crippen MR) is 134 cm³/mol. The lowest BCUT2D eigenvalue weighted by Gasteiger charge is -2.26. The summed E-state index contributed by atoms with van der Waals surface area (Å²) < 4.78 is 10.9. The minimum Gasteiger partial charge on any atom is -0.497 e. The molecule has 0 bridgehead atoms. The number of rotatable bonds is 5. The van der Waals surface area contributed by atoms with Gasteiger partial charge < -0.3 is 9.47 Å². The van der Waals surface area contributed by atoms with Crippen LogP contribution in [0.25, 0.3) is 0 Å². The maximum Gasteiger partial charge on any atom is 0.268 e. The number of nitrogens with zero attached hydrogens (tertiary/aromatic N) is 2. The van der Waals surface area contributed by atoms with Crippen molar-refractivity contribution in [3.05, 3.63) is 89.0 Å². The quantitative estimate of drug-likeness (QED) is 0.556. The van der Waals surface area contributed by atoms with Gasteiger partial charge in [-0.3, -0.25) is 19.4 Å². The van der Waals surface area contributed by atoms with Crippen molar-refractivity contribution >= 4 is 23.4 Å². The lowest BCUT2D eigenvalue weighted by molar-refractivity contribution is -0.123. The minimum absolute atomic E-state index is 0.372. The van der Waals surface area contributed by atoms with Gasteiger partial charge in [-0.15, -0.1) is 0 Å². The van der Waals surface area contributed by atoms with Gasteiger partial charge in [-0.25, -0.2) is 10.3 Å². The first-order chi connectivity index (χ1) is 17.3. The van der Waals surface area contributed by atoms with Crippen molar-refractivity contribution in [2.45, 2.75) is 25.9 Å². The molecule has 8 nitrogen and oxygen atoms in total. The number of hydrazine groups is 1. The van der Waals surface area contributed by atoms with Crippen LogP contribution >= 0.6 is 0 Å². The Morgan fingerprint density at radius 1 is 0.833 bits per heavy atom. The third kappa shape index (κ3) is 3.79. The summed E-state index contributed by atoms with van der Waals surface area (Å²) in [6, 6.07) is 17.9. The normalized spacial score (nSPS) is 21.1. The second kappa shape index (κ2) is 9.13. The predicted octanol–water partition coefficient (Wildman–Crippen LogP) is 3.58. The van der Waals surface area contributed by atoms with E-state index in [1.807, 2.05) is 38.1 Å². The molecule has 8 heteroatoms. The number of anilines is 1. The molecule has 0 radical (unpaired) electrons. The van der Waals surface area contributed by atoms with Gasteiger partial charge in [0.1, 0.15) is 17.5 Å². The fraction of sp³-hybridized carbons (Fsp3) is 0.250. The van der Waals surface area contributed by atoms with E-state index in [0.717, 1.165) is 11.1 Å². The SMILES string of the molecule is COc1ccc([C@@H]2NN(C(=O)c3ccc(C)cc3)[C@@H]3C(=O)N(c4ccc(C)cc4)C(=O)[C@H]32)c(OC)c1. The van der Waals surface area contributed by atoms with Crippen LogP contribution in [0.3, 0.4) is 0 Å². The summed E-state index contributed by atoms with van der Waals surface area (Å²) in [4.78, 5) is 42.3. The molecule has 2 aliphatic rings. The lowest BCUT2D eigenvalue weighted by atomic mass is 9.90. The molecule has 0 spiro atoms. The molecule has 2 heterocycles. The van der Waals surface area contributed by atoms with Crippen LogP contribution in [0.2, 0.25) is 0 Å². The molecule has 2 saturated heterocycles. The lowest BCUT2D eigenvalue weighted by Crippen LogP contribution is -2.48. The average molecular weight is 486 g/mol. The summed E-state index contributed by atoms with van der Waals surface area (Å²) >= 11 is 0. The largest absolute Gasteiger partial charge is 0.497 e. The highest BCUT2D eigenvalue weighted by molar-refractivity contribution is 6.25. The molecule has 5 rings (SSSR count). The summed E-state index contributed by atoms with van der Waals surface area (Å²) in [7, 11) is 3.08. The Kier molecular flexibility index (Phi) is 5.97. The van der Waals surface area contributed by atoms with E-state index in [1.165, 1.54) is 17.0 Å². The molecule has 2 fully saturated rings. The van der Waals surface area contributed by atoms with Gasteiger partial charge in [0.15, 0.2) is 0 Å². The first-order valence-corrected chi connectivity index (χ1v) is 11.7. The third-order valence-corrected chi connectivity index (χ3v) is 6.82. The van der Waals surface area contributed by atoms with Gasteiger partial charge in [0.05, 0.1) is 31.9 Å². The summed E-state index contributed by atoms with van der Waals surface area (Å²) in [6.07, 6.45) is 0. The van der Waals surface area contributed by atoms with Gasteiger partial charge in [0, 0.05) is 17.2 Å². The van der Waals surface area contributed by atoms with Crippen molar-refractivity contribution in [1.82, 2.24) is 10.4 Å². The Bertz CT molecular complexity index is 1340. The zero-order valence-electron chi connectivity index (χ0n) is 20.5. The molecule has 3 aromatic rings. The Morgan fingerprint density at radius 2 is 1.47 bits per heavy atom.